The molecule has 19 heavy (non-hydrogen) atoms. The van der Waals surface area contributed by atoms with Gasteiger partial charge in [0.15, 0.2) is 0 Å². The number of rotatable bonds is 4. The van der Waals surface area contributed by atoms with Gasteiger partial charge in [-0.3, -0.25) is 0 Å². The smallest absolute Gasteiger partial charge is 0.0991 e. The second-order valence-corrected chi connectivity index (χ2v) is 5.38. The van der Waals surface area contributed by atoms with E-state index in [4.69, 9.17) is 5.26 Å². The molecule has 0 aliphatic carbocycles. The quantitative estimate of drug-likeness (QED) is 0.919. The molecule has 1 N–H and O–H groups in total. The van der Waals surface area contributed by atoms with Crippen LogP contribution in [0.3, 0.4) is 0 Å². The molecule has 0 saturated carbocycles. The van der Waals surface area contributed by atoms with Gasteiger partial charge in [0.25, 0.3) is 0 Å². The van der Waals surface area contributed by atoms with Crippen LogP contribution < -0.4 is 5.32 Å². The maximum atomic E-state index is 8.75. The van der Waals surface area contributed by atoms with E-state index in [1.165, 1.54) is 11.1 Å². The van der Waals surface area contributed by atoms with Crippen molar-refractivity contribution in [3.8, 4) is 6.07 Å². The van der Waals surface area contributed by atoms with Crippen molar-refractivity contribution in [3.63, 3.8) is 0 Å². The van der Waals surface area contributed by atoms with Crippen molar-refractivity contribution in [1.29, 1.82) is 5.26 Å². The number of benzene rings is 2. The van der Waals surface area contributed by atoms with Crippen molar-refractivity contribution in [2.75, 3.05) is 0 Å². The second-order valence-electron chi connectivity index (χ2n) is 4.47. The summed E-state index contributed by atoms with van der Waals surface area (Å²) in [5.74, 6) is 0. The van der Waals surface area contributed by atoms with Gasteiger partial charge in [0.1, 0.15) is 0 Å². The Bertz CT molecular complexity index is 584. The van der Waals surface area contributed by atoms with E-state index in [-0.39, 0.29) is 6.04 Å². The van der Waals surface area contributed by atoms with E-state index in [0.717, 1.165) is 11.0 Å². The van der Waals surface area contributed by atoms with Crippen molar-refractivity contribution in [1.82, 2.24) is 5.32 Å². The molecule has 0 aliphatic heterocycles. The van der Waals surface area contributed by atoms with E-state index < -0.39 is 0 Å². The zero-order chi connectivity index (χ0) is 13.7. The van der Waals surface area contributed by atoms with Gasteiger partial charge in [-0.1, -0.05) is 40.2 Å². The summed E-state index contributed by atoms with van der Waals surface area (Å²) in [5, 5.41) is 12.2. The summed E-state index contributed by atoms with van der Waals surface area (Å²) >= 11 is 3.48. The number of nitriles is 1. The van der Waals surface area contributed by atoms with Gasteiger partial charge in [-0.15, -0.1) is 0 Å². The Morgan fingerprint density at radius 1 is 1.21 bits per heavy atom. The first kappa shape index (κ1) is 13.8. The van der Waals surface area contributed by atoms with E-state index in [1.807, 2.05) is 36.4 Å². The highest BCUT2D eigenvalue weighted by molar-refractivity contribution is 9.10. The summed E-state index contributed by atoms with van der Waals surface area (Å²) in [5.41, 5.74) is 3.13. The topological polar surface area (TPSA) is 35.8 Å². The van der Waals surface area contributed by atoms with Crippen LogP contribution in [0, 0.1) is 11.3 Å². The normalized spacial score (nSPS) is 11.8. The van der Waals surface area contributed by atoms with Crippen molar-refractivity contribution in [2.45, 2.75) is 19.5 Å². The SMILES string of the molecule is C[C@@H](NCc1ccc(C#N)cc1)c1cccc(Br)c1. The lowest BCUT2D eigenvalue weighted by atomic mass is 10.1. The highest BCUT2D eigenvalue weighted by Crippen LogP contribution is 2.18. The first-order valence-corrected chi connectivity index (χ1v) is 6.96. The summed E-state index contributed by atoms with van der Waals surface area (Å²) in [4.78, 5) is 0. The molecule has 0 amide bonds. The minimum atomic E-state index is 0.285. The number of hydrogen-bond acceptors (Lipinski definition) is 2. The largest absolute Gasteiger partial charge is 0.306 e. The van der Waals surface area contributed by atoms with Crippen LogP contribution in [0.25, 0.3) is 0 Å². The van der Waals surface area contributed by atoms with E-state index in [9.17, 15) is 0 Å². The highest BCUT2D eigenvalue weighted by atomic mass is 79.9. The Kier molecular flexibility index (Phi) is 4.73. The number of halogens is 1. The van der Waals surface area contributed by atoms with Crippen LogP contribution in [0.15, 0.2) is 53.0 Å². The predicted octanol–water partition coefficient (Wildman–Crippen LogP) is 4.17. The average molecular weight is 315 g/mol. The van der Waals surface area contributed by atoms with Crippen molar-refractivity contribution in [3.05, 3.63) is 69.7 Å². The van der Waals surface area contributed by atoms with Gasteiger partial charge in [0, 0.05) is 17.1 Å². The third-order valence-corrected chi connectivity index (χ3v) is 3.54. The molecular weight excluding hydrogens is 300 g/mol. The lowest BCUT2D eigenvalue weighted by Crippen LogP contribution is -2.18. The predicted molar refractivity (Wildman–Crippen MR) is 80.6 cm³/mol. The summed E-state index contributed by atoms with van der Waals surface area (Å²) in [6, 6.07) is 18.4. The standard InChI is InChI=1S/C16H15BrN2/c1-12(15-3-2-4-16(17)9-15)19-11-14-7-5-13(10-18)6-8-14/h2-9,12,19H,11H2,1H3/t12-/m1/s1. The van der Waals surface area contributed by atoms with Crippen LogP contribution in [-0.2, 0) is 6.54 Å². The molecule has 96 valence electrons. The number of nitrogens with one attached hydrogen (secondary N) is 1. The Hall–Kier alpha value is -1.63. The van der Waals surface area contributed by atoms with Crippen LogP contribution in [0.4, 0.5) is 0 Å². The van der Waals surface area contributed by atoms with E-state index in [2.05, 4.69) is 46.4 Å². The highest BCUT2D eigenvalue weighted by Gasteiger charge is 2.05. The van der Waals surface area contributed by atoms with Gasteiger partial charge in [-0.05, 0) is 42.3 Å². The Morgan fingerprint density at radius 2 is 1.95 bits per heavy atom. The summed E-state index contributed by atoms with van der Waals surface area (Å²) in [6.07, 6.45) is 0. The first-order valence-electron chi connectivity index (χ1n) is 6.17. The van der Waals surface area contributed by atoms with Gasteiger partial charge in [0.2, 0.25) is 0 Å². The molecule has 0 spiro atoms. The van der Waals surface area contributed by atoms with Gasteiger partial charge >= 0.3 is 0 Å². The molecule has 0 heterocycles. The van der Waals surface area contributed by atoms with Crippen LogP contribution in [-0.4, -0.2) is 0 Å². The third-order valence-electron chi connectivity index (χ3n) is 3.04. The summed E-state index contributed by atoms with van der Waals surface area (Å²) in [7, 11) is 0. The molecule has 2 aromatic carbocycles. The lowest BCUT2D eigenvalue weighted by molar-refractivity contribution is 0.574. The van der Waals surface area contributed by atoms with Gasteiger partial charge in [0.05, 0.1) is 11.6 Å². The summed E-state index contributed by atoms with van der Waals surface area (Å²) < 4.78 is 1.09. The molecule has 1 atom stereocenters. The molecule has 2 aromatic rings. The van der Waals surface area contributed by atoms with Crippen LogP contribution >= 0.6 is 15.9 Å². The molecule has 0 unspecified atom stereocenters. The van der Waals surface area contributed by atoms with E-state index in [1.54, 1.807) is 0 Å². The van der Waals surface area contributed by atoms with Crippen molar-refractivity contribution in [2.24, 2.45) is 0 Å². The molecule has 0 saturated heterocycles. The minimum Gasteiger partial charge on any atom is -0.306 e. The third kappa shape index (κ3) is 3.92. The average Bonchev–Trinajstić information content (AvgIpc) is 2.45. The first-order chi connectivity index (χ1) is 9.19. The zero-order valence-electron chi connectivity index (χ0n) is 10.7. The van der Waals surface area contributed by atoms with Gasteiger partial charge < -0.3 is 5.32 Å². The van der Waals surface area contributed by atoms with Crippen LogP contribution in [0.5, 0.6) is 0 Å². The molecule has 0 aliphatic rings. The lowest BCUT2D eigenvalue weighted by Gasteiger charge is -2.14. The van der Waals surface area contributed by atoms with Crippen molar-refractivity contribution < 1.29 is 0 Å². The van der Waals surface area contributed by atoms with Crippen LogP contribution in [0.1, 0.15) is 29.7 Å². The maximum absolute atomic E-state index is 8.75. The van der Waals surface area contributed by atoms with Gasteiger partial charge in [-0.25, -0.2) is 0 Å². The second kappa shape index (κ2) is 6.51. The minimum absolute atomic E-state index is 0.285. The monoisotopic (exact) mass is 314 g/mol. The Morgan fingerprint density at radius 3 is 2.58 bits per heavy atom. The molecule has 0 radical (unpaired) electrons. The number of hydrogen-bond donors (Lipinski definition) is 1. The Balaban J connectivity index is 1.96. The molecule has 2 rings (SSSR count). The zero-order valence-corrected chi connectivity index (χ0v) is 12.3. The summed E-state index contributed by atoms with van der Waals surface area (Å²) in [6.45, 7) is 2.94. The van der Waals surface area contributed by atoms with E-state index in [0.29, 0.717) is 5.56 Å². The molecule has 0 aromatic heterocycles. The fourth-order valence-corrected chi connectivity index (χ4v) is 2.28. The van der Waals surface area contributed by atoms with Crippen molar-refractivity contribution >= 4 is 15.9 Å². The van der Waals surface area contributed by atoms with E-state index >= 15 is 0 Å². The molecular formula is C16H15BrN2. The number of nitrogens with zero attached hydrogens (tertiary/aromatic N) is 1. The molecule has 3 heteroatoms. The molecule has 0 fully saturated rings. The Labute approximate surface area is 122 Å². The molecule has 0 bridgehead atoms. The molecule has 2 nitrogen and oxygen atoms in total. The maximum Gasteiger partial charge on any atom is 0.0991 e. The fraction of sp³-hybridized carbons (Fsp3) is 0.188. The van der Waals surface area contributed by atoms with Crippen LogP contribution in [0.2, 0.25) is 0 Å². The van der Waals surface area contributed by atoms with Gasteiger partial charge in [-0.2, -0.15) is 5.26 Å². The fourth-order valence-electron chi connectivity index (χ4n) is 1.86.